The topological polar surface area (TPSA) is 60.9 Å². The molecular weight excluding hydrogens is 142 g/mol. The van der Waals surface area contributed by atoms with E-state index in [1.807, 2.05) is 0 Å². The number of carbonyl (C=O) groups is 1. The zero-order valence-corrected chi connectivity index (χ0v) is 6.40. The van der Waals surface area contributed by atoms with E-state index < -0.39 is 0 Å². The standard InChI is InChI=1S/C7H11N3O/c1-6(7(11)4-8)10-3-2-9-5-10/h2-3,5-6H,4,8H2,1H3/t6-/m0/s1. The quantitative estimate of drug-likeness (QED) is 0.663. The fraction of sp³-hybridized carbons (Fsp3) is 0.429. The molecule has 0 aliphatic rings. The molecule has 0 fully saturated rings. The Morgan fingerprint density at radius 3 is 3.00 bits per heavy atom. The van der Waals surface area contributed by atoms with Crippen molar-refractivity contribution in [2.24, 2.45) is 5.73 Å². The van der Waals surface area contributed by atoms with Gasteiger partial charge in [-0.15, -0.1) is 0 Å². The lowest BCUT2D eigenvalue weighted by Gasteiger charge is -2.09. The van der Waals surface area contributed by atoms with Crippen LogP contribution in [0.25, 0.3) is 0 Å². The Kier molecular flexibility index (Phi) is 2.38. The molecule has 2 N–H and O–H groups in total. The van der Waals surface area contributed by atoms with Crippen molar-refractivity contribution >= 4 is 5.78 Å². The maximum atomic E-state index is 11.0. The van der Waals surface area contributed by atoms with Crippen LogP contribution in [-0.2, 0) is 4.79 Å². The molecule has 4 nitrogen and oxygen atoms in total. The third-order valence-electron chi connectivity index (χ3n) is 1.64. The second kappa shape index (κ2) is 3.30. The molecule has 0 saturated carbocycles. The third kappa shape index (κ3) is 1.65. The van der Waals surface area contributed by atoms with Gasteiger partial charge in [-0.3, -0.25) is 4.79 Å². The lowest BCUT2D eigenvalue weighted by Crippen LogP contribution is -2.23. The lowest BCUT2D eigenvalue weighted by molar-refractivity contribution is -0.120. The number of rotatable bonds is 3. The summed E-state index contributed by atoms with van der Waals surface area (Å²) in [5, 5.41) is 0. The van der Waals surface area contributed by atoms with Gasteiger partial charge in [-0.05, 0) is 6.92 Å². The molecule has 0 saturated heterocycles. The highest BCUT2D eigenvalue weighted by Gasteiger charge is 2.10. The summed E-state index contributed by atoms with van der Waals surface area (Å²) in [5.74, 6) is 0.0167. The van der Waals surface area contributed by atoms with Gasteiger partial charge in [0.25, 0.3) is 0 Å². The minimum atomic E-state index is -0.192. The zero-order valence-electron chi connectivity index (χ0n) is 6.40. The summed E-state index contributed by atoms with van der Waals surface area (Å²) in [6.45, 7) is 1.89. The van der Waals surface area contributed by atoms with Crippen LogP contribution in [0.5, 0.6) is 0 Å². The van der Waals surface area contributed by atoms with Crippen LogP contribution in [0.4, 0.5) is 0 Å². The molecule has 1 rings (SSSR count). The van der Waals surface area contributed by atoms with Crippen LogP contribution in [-0.4, -0.2) is 21.9 Å². The third-order valence-corrected chi connectivity index (χ3v) is 1.64. The monoisotopic (exact) mass is 153 g/mol. The number of Topliss-reactive ketones (excluding diaryl/α,β-unsaturated/α-hetero) is 1. The first kappa shape index (κ1) is 7.94. The summed E-state index contributed by atoms with van der Waals surface area (Å²) in [5.41, 5.74) is 5.20. The predicted octanol–water partition coefficient (Wildman–Crippen LogP) is -0.0281. The molecule has 11 heavy (non-hydrogen) atoms. The second-order valence-corrected chi connectivity index (χ2v) is 2.36. The molecule has 0 radical (unpaired) electrons. The van der Waals surface area contributed by atoms with Crippen LogP contribution in [0.15, 0.2) is 18.7 Å². The predicted molar refractivity (Wildman–Crippen MR) is 41.0 cm³/mol. The first-order chi connectivity index (χ1) is 5.25. The number of hydrogen-bond acceptors (Lipinski definition) is 3. The largest absolute Gasteiger partial charge is 0.327 e. The first-order valence-electron chi connectivity index (χ1n) is 3.46. The van der Waals surface area contributed by atoms with E-state index >= 15 is 0 Å². The average Bonchev–Trinajstić information content (AvgIpc) is 2.53. The van der Waals surface area contributed by atoms with Gasteiger partial charge in [0.1, 0.15) is 0 Å². The zero-order chi connectivity index (χ0) is 8.27. The summed E-state index contributed by atoms with van der Waals surface area (Å²) in [6, 6.07) is -0.192. The fourth-order valence-corrected chi connectivity index (χ4v) is 0.835. The van der Waals surface area contributed by atoms with Crippen molar-refractivity contribution in [2.45, 2.75) is 13.0 Å². The van der Waals surface area contributed by atoms with E-state index in [-0.39, 0.29) is 18.4 Å². The Morgan fingerprint density at radius 1 is 1.82 bits per heavy atom. The molecule has 60 valence electrons. The van der Waals surface area contributed by atoms with E-state index in [2.05, 4.69) is 4.98 Å². The molecule has 0 aromatic carbocycles. The maximum absolute atomic E-state index is 11.0. The van der Waals surface area contributed by atoms with Gasteiger partial charge in [0.15, 0.2) is 5.78 Å². The minimum absolute atomic E-state index is 0.0167. The molecular formula is C7H11N3O. The summed E-state index contributed by atoms with van der Waals surface area (Å²) >= 11 is 0. The van der Waals surface area contributed by atoms with Crippen molar-refractivity contribution in [3.8, 4) is 0 Å². The molecule has 0 aliphatic carbocycles. The summed E-state index contributed by atoms with van der Waals surface area (Å²) in [7, 11) is 0. The Labute approximate surface area is 65.0 Å². The van der Waals surface area contributed by atoms with Crippen LogP contribution in [0.3, 0.4) is 0 Å². The Morgan fingerprint density at radius 2 is 2.55 bits per heavy atom. The molecule has 1 aromatic heterocycles. The number of ketones is 1. The number of hydrogen-bond donors (Lipinski definition) is 1. The summed E-state index contributed by atoms with van der Waals surface area (Å²) < 4.78 is 1.73. The smallest absolute Gasteiger partial charge is 0.168 e. The molecule has 0 amide bonds. The van der Waals surface area contributed by atoms with E-state index in [1.54, 1.807) is 30.2 Å². The molecule has 0 aliphatic heterocycles. The molecule has 1 aromatic rings. The van der Waals surface area contributed by atoms with Gasteiger partial charge in [0.2, 0.25) is 0 Å². The van der Waals surface area contributed by atoms with Gasteiger partial charge in [-0.2, -0.15) is 0 Å². The molecule has 0 unspecified atom stereocenters. The first-order valence-corrected chi connectivity index (χ1v) is 3.46. The SMILES string of the molecule is C[C@@H](C(=O)CN)n1ccnc1. The van der Waals surface area contributed by atoms with Crippen molar-refractivity contribution in [3.63, 3.8) is 0 Å². The number of carbonyl (C=O) groups excluding carboxylic acids is 1. The van der Waals surface area contributed by atoms with Gasteiger partial charge in [0, 0.05) is 12.4 Å². The number of imidazole rings is 1. The molecule has 0 spiro atoms. The van der Waals surface area contributed by atoms with Crippen molar-refractivity contribution in [1.29, 1.82) is 0 Å². The van der Waals surface area contributed by atoms with Crippen LogP contribution in [0.2, 0.25) is 0 Å². The van der Waals surface area contributed by atoms with E-state index in [4.69, 9.17) is 5.73 Å². The fourth-order valence-electron chi connectivity index (χ4n) is 0.835. The number of nitrogens with two attached hydrogens (primary N) is 1. The normalized spacial score (nSPS) is 12.9. The van der Waals surface area contributed by atoms with Crippen molar-refractivity contribution in [2.75, 3.05) is 6.54 Å². The highest BCUT2D eigenvalue weighted by molar-refractivity contribution is 5.83. The van der Waals surface area contributed by atoms with E-state index in [9.17, 15) is 4.79 Å². The van der Waals surface area contributed by atoms with Crippen molar-refractivity contribution in [1.82, 2.24) is 9.55 Å². The minimum Gasteiger partial charge on any atom is -0.327 e. The van der Waals surface area contributed by atoms with E-state index in [0.29, 0.717) is 0 Å². The summed E-state index contributed by atoms with van der Waals surface area (Å²) in [6.07, 6.45) is 5.00. The number of aromatic nitrogens is 2. The van der Waals surface area contributed by atoms with Gasteiger partial charge in [0.05, 0.1) is 18.9 Å². The highest BCUT2D eigenvalue weighted by atomic mass is 16.1. The lowest BCUT2D eigenvalue weighted by atomic mass is 10.2. The Balaban J connectivity index is 2.70. The second-order valence-electron chi connectivity index (χ2n) is 2.36. The van der Waals surface area contributed by atoms with Gasteiger partial charge in [-0.25, -0.2) is 4.98 Å². The van der Waals surface area contributed by atoms with Crippen LogP contribution in [0.1, 0.15) is 13.0 Å². The molecule has 0 bridgehead atoms. The van der Waals surface area contributed by atoms with E-state index in [0.717, 1.165) is 0 Å². The summed E-state index contributed by atoms with van der Waals surface area (Å²) in [4.78, 5) is 14.9. The highest BCUT2D eigenvalue weighted by Crippen LogP contribution is 2.03. The van der Waals surface area contributed by atoms with Crippen LogP contribution in [0, 0.1) is 0 Å². The Hall–Kier alpha value is -1.16. The van der Waals surface area contributed by atoms with Gasteiger partial charge in [-0.1, -0.05) is 0 Å². The van der Waals surface area contributed by atoms with Crippen molar-refractivity contribution in [3.05, 3.63) is 18.7 Å². The molecule has 1 atom stereocenters. The maximum Gasteiger partial charge on any atom is 0.168 e. The molecule has 4 heteroatoms. The van der Waals surface area contributed by atoms with Crippen LogP contribution < -0.4 is 5.73 Å². The van der Waals surface area contributed by atoms with Crippen molar-refractivity contribution < 1.29 is 4.79 Å². The van der Waals surface area contributed by atoms with Gasteiger partial charge < -0.3 is 10.3 Å². The average molecular weight is 153 g/mol. The van der Waals surface area contributed by atoms with E-state index in [1.165, 1.54) is 0 Å². The van der Waals surface area contributed by atoms with Crippen LogP contribution >= 0.6 is 0 Å². The van der Waals surface area contributed by atoms with Gasteiger partial charge >= 0.3 is 0 Å². The number of nitrogens with zero attached hydrogens (tertiary/aromatic N) is 2. The Bertz CT molecular complexity index is 230. The molecule has 1 heterocycles.